The van der Waals surface area contributed by atoms with Crippen LogP contribution in [-0.2, 0) is 0 Å². The Morgan fingerprint density at radius 1 is 1.32 bits per heavy atom. The maximum atomic E-state index is 12.2. The van der Waals surface area contributed by atoms with Gasteiger partial charge in [-0.25, -0.2) is 0 Å². The summed E-state index contributed by atoms with van der Waals surface area (Å²) in [5.74, 6) is 1.48. The molecule has 0 radical (unpaired) electrons. The van der Waals surface area contributed by atoms with Gasteiger partial charge >= 0.3 is 0 Å². The molecule has 5 heteroatoms. The van der Waals surface area contributed by atoms with Crippen molar-refractivity contribution >= 4 is 11.8 Å². The second kappa shape index (κ2) is 5.09. The van der Waals surface area contributed by atoms with Crippen LogP contribution in [-0.4, -0.2) is 20.8 Å². The number of H-pyrrole nitrogens is 1. The first-order valence-electron chi connectivity index (χ1n) is 6.26. The third-order valence-corrected chi connectivity index (χ3v) is 4.60. The van der Waals surface area contributed by atoms with Crippen molar-refractivity contribution in [3.63, 3.8) is 0 Å². The van der Waals surface area contributed by atoms with Gasteiger partial charge in [-0.1, -0.05) is 30.3 Å². The molecule has 1 unspecified atom stereocenters. The van der Waals surface area contributed by atoms with Crippen molar-refractivity contribution in [1.29, 1.82) is 0 Å². The first-order valence-corrected chi connectivity index (χ1v) is 7.31. The highest BCUT2D eigenvalue weighted by molar-refractivity contribution is 7.99. The van der Waals surface area contributed by atoms with Crippen LogP contribution in [0, 0.1) is 0 Å². The van der Waals surface area contributed by atoms with E-state index in [1.54, 1.807) is 23.9 Å². The predicted octanol–water partition coefficient (Wildman–Crippen LogP) is 2.71. The molecule has 1 saturated heterocycles. The van der Waals surface area contributed by atoms with Crippen molar-refractivity contribution in [2.45, 2.75) is 18.1 Å². The van der Waals surface area contributed by atoms with Gasteiger partial charge < -0.3 is 10.1 Å². The normalized spacial score (nSPS) is 18.6. The Morgan fingerprint density at radius 3 is 2.74 bits per heavy atom. The molecule has 0 saturated carbocycles. The van der Waals surface area contributed by atoms with Gasteiger partial charge in [-0.15, -0.1) is 0 Å². The summed E-state index contributed by atoms with van der Waals surface area (Å²) in [5.41, 5.74) is 0.646. The van der Waals surface area contributed by atoms with Crippen LogP contribution in [0.3, 0.4) is 0 Å². The first-order chi connectivity index (χ1) is 9.25. The molecule has 2 N–H and O–H groups in total. The molecular formula is C14H14N2O2S. The molecule has 2 heterocycles. The Labute approximate surface area is 114 Å². The van der Waals surface area contributed by atoms with Crippen molar-refractivity contribution in [3.05, 3.63) is 46.5 Å². The average molecular weight is 274 g/mol. The van der Waals surface area contributed by atoms with Crippen LogP contribution in [0.2, 0.25) is 0 Å². The van der Waals surface area contributed by atoms with Gasteiger partial charge in [0.2, 0.25) is 5.88 Å². The third kappa shape index (κ3) is 2.38. The van der Waals surface area contributed by atoms with Crippen molar-refractivity contribution in [2.75, 3.05) is 5.75 Å². The summed E-state index contributed by atoms with van der Waals surface area (Å²) in [4.78, 5) is 19.1. The summed E-state index contributed by atoms with van der Waals surface area (Å²) in [6, 6.07) is 9.10. The van der Waals surface area contributed by atoms with Crippen molar-refractivity contribution in [2.24, 2.45) is 0 Å². The van der Waals surface area contributed by atoms with Crippen molar-refractivity contribution < 1.29 is 5.11 Å². The average Bonchev–Trinajstić information content (AvgIpc) is 2.93. The van der Waals surface area contributed by atoms with Crippen LogP contribution in [0.1, 0.15) is 23.9 Å². The fourth-order valence-corrected chi connectivity index (χ4v) is 3.51. The lowest BCUT2D eigenvalue weighted by molar-refractivity contribution is 0.449. The van der Waals surface area contributed by atoms with Gasteiger partial charge in [-0.2, -0.15) is 16.7 Å². The van der Waals surface area contributed by atoms with E-state index in [1.807, 2.05) is 18.2 Å². The molecule has 0 amide bonds. The Balaban J connectivity index is 2.06. The van der Waals surface area contributed by atoms with Crippen molar-refractivity contribution in [1.82, 2.24) is 9.97 Å². The van der Waals surface area contributed by atoms with Gasteiger partial charge in [0.1, 0.15) is 11.4 Å². The fourth-order valence-electron chi connectivity index (χ4n) is 2.29. The minimum Gasteiger partial charge on any atom is -0.493 e. The van der Waals surface area contributed by atoms with Gasteiger partial charge in [-0.3, -0.25) is 4.79 Å². The number of aromatic hydroxyl groups is 1. The molecule has 1 aromatic carbocycles. The third-order valence-electron chi connectivity index (χ3n) is 3.22. The molecule has 1 atom stereocenters. The summed E-state index contributed by atoms with van der Waals surface area (Å²) in [6.45, 7) is 0. The number of thioether (sulfide) groups is 1. The van der Waals surface area contributed by atoms with Gasteiger partial charge in [0.15, 0.2) is 0 Å². The lowest BCUT2D eigenvalue weighted by atomic mass is 10.1. The second-order valence-corrected chi connectivity index (χ2v) is 5.83. The molecule has 0 spiro atoms. The standard InChI is InChI=1S/C14H14N2O2S/c17-13-11(9-5-2-1-3-6-9)14(18)16-12(15-13)10-7-4-8-19-10/h1-3,5-6,10H,4,7-8H2,(H2,15,16,17,18). The molecule has 1 aliphatic rings. The number of hydrogen-bond acceptors (Lipinski definition) is 4. The number of aromatic amines is 1. The van der Waals surface area contributed by atoms with Crippen LogP contribution >= 0.6 is 11.8 Å². The number of aromatic nitrogens is 2. The molecule has 3 rings (SSSR count). The van der Waals surface area contributed by atoms with E-state index in [4.69, 9.17) is 0 Å². The molecular weight excluding hydrogens is 260 g/mol. The Hall–Kier alpha value is -1.75. The number of rotatable bonds is 2. The number of hydrogen-bond donors (Lipinski definition) is 2. The maximum Gasteiger partial charge on any atom is 0.262 e. The van der Waals surface area contributed by atoms with E-state index >= 15 is 0 Å². The number of nitrogens with zero attached hydrogens (tertiary/aromatic N) is 1. The molecule has 98 valence electrons. The summed E-state index contributed by atoms with van der Waals surface area (Å²) in [6.07, 6.45) is 2.12. The predicted molar refractivity (Wildman–Crippen MR) is 76.4 cm³/mol. The monoisotopic (exact) mass is 274 g/mol. The van der Waals surface area contributed by atoms with Gasteiger partial charge in [-0.05, 0) is 24.2 Å². The molecule has 0 bridgehead atoms. The smallest absolute Gasteiger partial charge is 0.262 e. The van der Waals surface area contributed by atoms with E-state index in [0.29, 0.717) is 11.4 Å². The zero-order chi connectivity index (χ0) is 13.2. The molecule has 1 fully saturated rings. The van der Waals surface area contributed by atoms with Crippen LogP contribution in [0.25, 0.3) is 11.1 Å². The van der Waals surface area contributed by atoms with Crippen LogP contribution in [0.5, 0.6) is 5.88 Å². The molecule has 19 heavy (non-hydrogen) atoms. The Kier molecular flexibility index (Phi) is 3.29. The van der Waals surface area contributed by atoms with Crippen LogP contribution < -0.4 is 5.56 Å². The molecule has 0 aliphatic carbocycles. The zero-order valence-electron chi connectivity index (χ0n) is 10.3. The van der Waals surface area contributed by atoms with E-state index in [0.717, 1.165) is 18.6 Å². The van der Waals surface area contributed by atoms with Gasteiger partial charge in [0.05, 0.1) is 5.25 Å². The largest absolute Gasteiger partial charge is 0.493 e. The quantitative estimate of drug-likeness (QED) is 0.883. The highest BCUT2D eigenvalue weighted by atomic mass is 32.2. The minimum absolute atomic E-state index is 0.183. The lowest BCUT2D eigenvalue weighted by Gasteiger charge is -2.10. The molecule has 1 aliphatic heterocycles. The highest BCUT2D eigenvalue weighted by Crippen LogP contribution is 2.38. The fraction of sp³-hybridized carbons (Fsp3) is 0.286. The summed E-state index contributed by atoms with van der Waals surface area (Å²) in [5, 5.41) is 10.2. The maximum absolute atomic E-state index is 12.2. The summed E-state index contributed by atoms with van der Waals surface area (Å²) < 4.78 is 0. The van der Waals surface area contributed by atoms with Crippen LogP contribution in [0.4, 0.5) is 0 Å². The topological polar surface area (TPSA) is 66.0 Å². The van der Waals surface area contributed by atoms with E-state index in [1.165, 1.54) is 0 Å². The highest BCUT2D eigenvalue weighted by Gasteiger charge is 2.22. The number of nitrogens with one attached hydrogen (secondary N) is 1. The lowest BCUT2D eigenvalue weighted by Crippen LogP contribution is -2.15. The molecule has 4 nitrogen and oxygen atoms in total. The summed E-state index contributed by atoms with van der Waals surface area (Å²) >= 11 is 1.77. The van der Waals surface area contributed by atoms with Gasteiger partial charge in [0.25, 0.3) is 5.56 Å². The zero-order valence-corrected chi connectivity index (χ0v) is 11.1. The van der Waals surface area contributed by atoms with Crippen molar-refractivity contribution in [3.8, 4) is 17.0 Å². The Morgan fingerprint density at radius 2 is 2.11 bits per heavy atom. The first kappa shape index (κ1) is 12.3. The number of benzene rings is 1. The van der Waals surface area contributed by atoms with Crippen LogP contribution in [0.15, 0.2) is 35.1 Å². The van der Waals surface area contributed by atoms with E-state index in [-0.39, 0.29) is 22.3 Å². The SMILES string of the molecule is O=c1[nH]c(C2CCCS2)nc(O)c1-c1ccccc1. The molecule has 2 aromatic rings. The van der Waals surface area contributed by atoms with E-state index < -0.39 is 0 Å². The Bertz CT molecular complexity index is 634. The minimum atomic E-state index is -0.277. The second-order valence-electron chi connectivity index (χ2n) is 4.52. The molecule has 1 aromatic heterocycles. The van der Waals surface area contributed by atoms with E-state index in [2.05, 4.69) is 9.97 Å². The van der Waals surface area contributed by atoms with E-state index in [9.17, 15) is 9.90 Å². The van der Waals surface area contributed by atoms with Gasteiger partial charge in [0, 0.05) is 0 Å². The summed E-state index contributed by atoms with van der Waals surface area (Å²) in [7, 11) is 0.